The van der Waals surface area contributed by atoms with Crippen LogP contribution < -0.4 is 5.32 Å². The van der Waals surface area contributed by atoms with Crippen LogP contribution in [0.25, 0.3) is 9.88 Å². The summed E-state index contributed by atoms with van der Waals surface area (Å²) in [7, 11) is 0. The van der Waals surface area contributed by atoms with E-state index in [0.717, 1.165) is 9.88 Å². The maximum Gasteiger partial charge on any atom is 0.329 e. The predicted molar refractivity (Wildman–Crippen MR) is 81.2 cm³/mol. The second kappa shape index (κ2) is 7.51. The van der Waals surface area contributed by atoms with Gasteiger partial charge in [-0.25, -0.2) is 9.78 Å². The number of carboxylic acids is 1. The average molecular weight is 347 g/mol. The van der Waals surface area contributed by atoms with Crippen molar-refractivity contribution >= 4 is 46.2 Å². The largest absolute Gasteiger partial charge is 0.480 e. The van der Waals surface area contributed by atoms with Gasteiger partial charge in [-0.05, 0) is 12.1 Å². The average Bonchev–Trinajstić information content (AvgIpc) is 3.06. The molecular formula is C12H11ClN2O4S2. The van der Waals surface area contributed by atoms with Crippen LogP contribution >= 0.6 is 34.3 Å². The van der Waals surface area contributed by atoms with Crippen LogP contribution in [0.15, 0.2) is 17.5 Å². The zero-order valence-corrected chi connectivity index (χ0v) is 13.1. The minimum absolute atomic E-state index is 0.134. The fraction of sp³-hybridized carbons (Fsp3) is 0.250. The molecular weight excluding hydrogens is 336 g/mol. The summed E-state index contributed by atoms with van der Waals surface area (Å²) in [5.74, 6) is -1.36. The number of hydrogen-bond donors (Lipinski definition) is 2. The van der Waals surface area contributed by atoms with Crippen molar-refractivity contribution in [2.45, 2.75) is 0 Å². The molecule has 2 rings (SSSR count). The molecule has 0 aliphatic heterocycles. The normalized spacial score (nSPS) is 10.5. The third-order valence-corrected chi connectivity index (χ3v) is 4.52. The van der Waals surface area contributed by atoms with Crippen LogP contribution in [-0.4, -0.2) is 41.7 Å². The summed E-state index contributed by atoms with van der Waals surface area (Å²) < 4.78 is 5.48. The lowest BCUT2D eigenvalue weighted by Crippen LogP contribution is -2.28. The Morgan fingerprint density at radius 3 is 2.90 bits per heavy atom. The number of carbonyl (C=O) groups is 2. The van der Waals surface area contributed by atoms with Gasteiger partial charge in [-0.1, -0.05) is 11.6 Å². The second-order valence-electron chi connectivity index (χ2n) is 3.84. The smallest absolute Gasteiger partial charge is 0.329 e. The van der Waals surface area contributed by atoms with Crippen LogP contribution in [0.2, 0.25) is 4.34 Å². The quantitative estimate of drug-likeness (QED) is 0.751. The number of aliphatic carboxylic acids is 1. The number of carboxylic acid groups (broad SMARTS) is 1. The first-order chi connectivity index (χ1) is 10.1. The van der Waals surface area contributed by atoms with Gasteiger partial charge >= 0.3 is 5.97 Å². The van der Waals surface area contributed by atoms with E-state index in [9.17, 15) is 9.59 Å². The molecule has 6 nitrogen and oxygen atoms in total. The zero-order valence-electron chi connectivity index (χ0n) is 10.7. The molecule has 112 valence electrons. The first-order valence-electron chi connectivity index (χ1n) is 5.85. The molecule has 2 heterocycles. The Morgan fingerprint density at radius 1 is 1.43 bits per heavy atom. The van der Waals surface area contributed by atoms with Crippen molar-refractivity contribution in [3.8, 4) is 9.88 Å². The Kier molecular flexibility index (Phi) is 5.68. The van der Waals surface area contributed by atoms with E-state index in [-0.39, 0.29) is 25.7 Å². The molecule has 1 amide bonds. The molecule has 0 atom stereocenters. The maximum atomic E-state index is 11.8. The van der Waals surface area contributed by atoms with Crippen molar-refractivity contribution in [3.05, 3.63) is 27.5 Å². The van der Waals surface area contributed by atoms with Crippen molar-refractivity contribution < 1.29 is 19.4 Å². The van der Waals surface area contributed by atoms with Gasteiger partial charge in [0.1, 0.15) is 17.3 Å². The Bertz CT molecular complexity index is 641. The minimum atomic E-state index is -1.04. The van der Waals surface area contributed by atoms with E-state index in [4.69, 9.17) is 21.4 Å². The van der Waals surface area contributed by atoms with Crippen molar-refractivity contribution in [1.82, 2.24) is 10.3 Å². The van der Waals surface area contributed by atoms with E-state index < -0.39 is 5.97 Å². The molecule has 9 heteroatoms. The van der Waals surface area contributed by atoms with Crippen molar-refractivity contribution in [3.63, 3.8) is 0 Å². The van der Waals surface area contributed by atoms with Gasteiger partial charge in [0.25, 0.3) is 5.91 Å². The zero-order chi connectivity index (χ0) is 15.2. The van der Waals surface area contributed by atoms with Crippen LogP contribution in [0.4, 0.5) is 0 Å². The summed E-state index contributed by atoms with van der Waals surface area (Å²) in [6.45, 7) is -0.0186. The SMILES string of the molecule is O=C(O)COCCNC(=O)c1csc(-c2ccc(Cl)s2)n1. The van der Waals surface area contributed by atoms with Crippen molar-refractivity contribution in [2.24, 2.45) is 0 Å². The fourth-order valence-corrected chi connectivity index (χ4v) is 3.32. The molecule has 0 fully saturated rings. The summed E-state index contributed by atoms with van der Waals surface area (Å²) >= 11 is 8.62. The standard InChI is InChI=1S/C12H11ClN2O4S2/c13-9-2-1-8(21-9)12-15-7(6-20-12)11(18)14-3-4-19-5-10(16)17/h1-2,6H,3-5H2,(H,14,18)(H,16,17). The van der Waals surface area contributed by atoms with Crippen LogP contribution in [-0.2, 0) is 9.53 Å². The number of thiazole rings is 1. The lowest BCUT2D eigenvalue weighted by atomic mass is 10.4. The highest BCUT2D eigenvalue weighted by Crippen LogP contribution is 2.32. The van der Waals surface area contributed by atoms with E-state index in [0.29, 0.717) is 10.0 Å². The maximum absolute atomic E-state index is 11.8. The van der Waals surface area contributed by atoms with Crippen LogP contribution in [0.3, 0.4) is 0 Å². The molecule has 0 radical (unpaired) electrons. The van der Waals surface area contributed by atoms with E-state index in [2.05, 4.69) is 10.3 Å². The Balaban J connectivity index is 1.83. The molecule has 0 spiro atoms. The van der Waals surface area contributed by atoms with Gasteiger partial charge in [0.15, 0.2) is 0 Å². The highest BCUT2D eigenvalue weighted by Gasteiger charge is 2.12. The molecule has 21 heavy (non-hydrogen) atoms. The fourth-order valence-electron chi connectivity index (χ4n) is 1.41. The molecule has 0 aromatic carbocycles. The summed E-state index contributed by atoms with van der Waals surface area (Å²) in [5, 5.41) is 13.4. The highest BCUT2D eigenvalue weighted by atomic mass is 35.5. The Morgan fingerprint density at radius 2 is 2.24 bits per heavy atom. The van der Waals surface area contributed by atoms with Crippen LogP contribution in [0, 0.1) is 0 Å². The van der Waals surface area contributed by atoms with E-state index >= 15 is 0 Å². The Labute approximate surface area is 133 Å². The molecule has 2 N–H and O–H groups in total. The van der Waals surface area contributed by atoms with Gasteiger partial charge < -0.3 is 15.2 Å². The lowest BCUT2D eigenvalue weighted by molar-refractivity contribution is -0.142. The van der Waals surface area contributed by atoms with Gasteiger partial charge in [0.2, 0.25) is 0 Å². The molecule has 2 aromatic rings. The molecule has 2 aromatic heterocycles. The van der Waals surface area contributed by atoms with Crippen molar-refractivity contribution in [1.29, 1.82) is 0 Å². The first-order valence-corrected chi connectivity index (χ1v) is 7.92. The van der Waals surface area contributed by atoms with E-state index in [1.165, 1.54) is 22.7 Å². The number of carbonyl (C=O) groups excluding carboxylic acids is 1. The predicted octanol–water partition coefficient (Wildman–Crippen LogP) is 2.36. The third-order valence-electron chi connectivity index (χ3n) is 2.28. The topological polar surface area (TPSA) is 88.5 Å². The summed E-state index contributed by atoms with van der Waals surface area (Å²) in [6, 6.07) is 3.63. The third kappa shape index (κ3) is 4.78. The van der Waals surface area contributed by atoms with E-state index in [1.807, 2.05) is 6.07 Å². The monoisotopic (exact) mass is 346 g/mol. The first kappa shape index (κ1) is 15.9. The van der Waals surface area contributed by atoms with Gasteiger partial charge in [-0.15, -0.1) is 22.7 Å². The summed E-state index contributed by atoms with van der Waals surface area (Å²) in [6.07, 6.45) is 0. The highest BCUT2D eigenvalue weighted by molar-refractivity contribution is 7.23. The van der Waals surface area contributed by atoms with Gasteiger partial charge in [0.05, 0.1) is 15.8 Å². The number of aromatic nitrogens is 1. The molecule has 0 aliphatic carbocycles. The molecule has 0 unspecified atom stereocenters. The molecule has 0 saturated carbocycles. The summed E-state index contributed by atoms with van der Waals surface area (Å²) in [5.41, 5.74) is 0.317. The minimum Gasteiger partial charge on any atom is -0.480 e. The number of nitrogens with zero attached hydrogens (tertiary/aromatic N) is 1. The van der Waals surface area contributed by atoms with Crippen LogP contribution in [0.5, 0.6) is 0 Å². The number of hydrogen-bond acceptors (Lipinski definition) is 6. The molecule has 0 bridgehead atoms. The van der Waals surface area contributed by atoms with Crippen molar-refractivity contribution in [2.75, 3.05) is 19.8 Å². The molecule has 0 saturated heterocycles. The number of amides is 1. The Hall–Kier alpha value is -1.48. The second-order valence-corrected chi connectivity index (χ2v) is 6.42. The van der Waals surface area contributed by atoms with Gasteiger partial charge in [0, 0.05) is 11.9 Å². The number of ether oxygens (including phenoxy) is 1. The number of halogens is 1. The van der Waals surface area contributed by atoms with Gasteiger partial charge in [-0.2, -0.15) is 0 Å². The summed E-state index contributed by atoms with van der Waals surface area (Å²) in [4.78, 5) is 27.2. The van der Waals surface area contributed by atoms with Gasteiger partial charge in [-0.3, -0.25) is 4.79 Å². The lowest BCUT2D eigenvalue weighted by Gasteiger charge is -2.02. The number of thiophene rings is 1. The number of rotatable bonds is 7. The van der Waals surface area contributed by atoms with E-state index in [1.54, 1.807) is 11.4 Å². The van der Waals surface area contributed by atoms with Crippen LogP contribution in [0.1, 0.15) is 10.5 Å². The molecule has 0 aliphatic rings. The number of nitrogens with one attached hydrogen (secondary N) is 1.